The number of amides is 1. The van der Waals surface area contributed by atoms with Gasteiger partial charge in [-0.25, -0.2) is 0 Å². The van der Waals surface area contributed by atoms with Gasteiger partial charge < -0.3 is 10.6 Å². The second-order valence-corrected chi connectivity index (χ2v) is 5.66. The Bertz CT molecular complexity index is 800. The van der Waals surface area contributed by atoms with Gasteiger partial charge in [-0.05, 0) is 36.2 Å². The first-order valence-corrected chi connectivity index (χ1v) is 7.97. The summed E-state index contributed by atoms with van der Waals surface area (Å²) in [6.07, 6.45) is 0. The predicted octanol–water partition coefficient (Wildman–Crippen LogP) is 4.79. The second kappa shape index (κ2) is 7.47. The van der Waals surface area contributed by atoms with Gasteiger partial charge in [0.05, 0.1) is 0 Å². The van der Waals surface area contributed by atoms with Gasteiger partial charge in [-0.2, -0.15) is 0 Å². The van der Waals surface area contributed by atoms with Crippen LogP contribution >= 0.6 is 0 Å². The molecular formula is C21H20N2O. The van der Waals surface area contributed by atoms with E-state index in [9.17, 15) is 4.79 Å². The zero-order valence-electron chi connectivity index (χ0n) is 13.6. The lowest BCUT2D eigenvalue weighted by Gasteiger charge is -2.21. The topological polar surface area (TPSA) is 41.1 Å². The van der Waals surface area contributed by atoms with Crippen LogP contribution in [0.3, 0.4) is 0 Å². The molecule has 0 aliphatic heterocycles. The minimum absolute atomic E-state index is 0.0874. The fourth-order valence-electron chi connectivity index (χ4n) is 2.57. The molecular weight excluding hydrogens is 296 g/mol. The standard InChI is InChI=1S/C21H20N2O/c1-16-10-8-9-15-19(16)23-20(17-11-4-2-5-12-17)21(24)22-18-13-6-3-7-14-18/h2-15,20,23H,1H3,(H,22,24). The van der Waals surface area contributed by atoms with Crippen LogP contribution in [0.5, 0.6) is 0 Å². The van der Waals surface area contributed by atoms with Crippen molar-refractivity contribution in [2.45, 2.75) is 13.0 Å². The zero-order valence-corrected chi connectivity index (χ0v) is 13.6. The normalized spacial score (nSPS) is 11.5. The molecule has 3 nitrogen and oxygen atoms in total. The molecule has 1 unspecified atom stereocenters. The first-order valence-electron chi connectivity index (χ1n) is 7.97. The molecule has 3 rings (SSSR count). The first-order chi connectivity index (χ1) is 11.7. The summed E-state index contributed by atoms with van der Waals surface area (Å²) in [5.74, 6) is -0.0874. The third-order valence-corrected chi connectivity index (χ3v) is 3.88. The smallest absolute Gasteiger partial charge is 0.251 e. The van der Waals surface area contributed by atoms with Crippen LogP contribution in [0.4, 0.5) is 11.4 Å². The van der Waals surface area contributed by atoms with E-state index in [0.717, 1.165) is 22.5 Å². The van der Waals surface area contributed by atoms with Crippen LogP contribution in [0, 0.1) is 6.92 Å². The molecule has 0 spiro atoms. The molecule has 0 aliphatic carbocycles. The number of carbonyl (C=O) groups excluding carboxylic acids is 1. The average Bonchev–Trinajstić information content (AvgIpc) is 2.62. The van der Waals surface area contributed by atoms with Crippen LogP contribution in [0.2, 0.25) is 0 Å². The molecule has 0 saturated carbocycles. The number of benzene rings is 3. The Hall–Kier alpha value is -3.07. The first kappa shape index (κ1) is 15.8. The molecule has 0 radical (unpaired) electrons. The predicted molar refractivity (Wildman–Crippen MR) is 99.1 cm³/mol. The van der Waals surface area contributed by atoms with Crippen LogP contribution in [-0.4, -0.2) is 5.91 Å². The summed E-state index contributed by atoms with van der Waals surface area (Å²) in [5, 5.41) is 6.35. The number of rotatable bonds is 5. The average molecular weight is 316 g/mol. The molecule has 1 atom stereocenters. The highest BCUT2D eigenvalue weighted by Crippen LogP contribution is 2.23. The summed E-state index contributed by atoms with van der Waals surface area (Å²) < 4.78 is 0. The second-order valence-electron chi connectivity index (χ2n) is 5.66. The maximum Gasteiger partial charge on any atom is 0.251 e. The Morgan fingerprint density at radius 2 is 1.38 bits per heavy atom. The molecule has 3 aromatic carbocycles. The quantitative estimate of drug-likeness (QED) is 0.711. The van der Waals surface area contributed by atoms with Gasteiger partial charge in [0.15, 0.2) is 0 Å². The molecule has 0 aliphatic rings. The highest BCUT2D eigenvalue weighted by molar-refractivity contribution is 5.97. The molecule has 1 amide bonds. The number of anilines is 2. The lowest BCUT2D eigenvalue weighted by molar-refractivity contribution is -0.117. The summed E-state index contributed by atoms with van der Waals surface area (Å²) in [4.78, 5) is 12.9. The van der Waals surface area contributed by atoms with Crippen molar-refractivity contribution in [1.82, 2.24) is 0 Å². The molecule has 120 valence electrons. The van der Waals surface area contributed by atoms with Crippen LogP contribution < -0.4 is 10.6 Å². The maximum atomic E-state index is 12.9. The molecule has 24 heavy (non-hydrogen) atoms. The van der Waals surface area contributed by atoms with E-state index in [1.54, 1.807) is 0 Å². The molecule has 0 aromatic heterocycles. The number of hydrogen-bond donors (Lipinski definition) is 2. The van der Waals surface area contributed by atoms with E-state index in [-0.39, 0.29) is 5.91 Å². The minimum Gasteiger partial charge on any atom is -0.370 e. The zero-order chi connectivity index (χ0) is 16.8. The minimum atomic E-state index is -0.465. The molecule has 0 heterocycles. The molecule has 0 bridgehead atoms. The molecule has 3 heteroatoms. The van der Waals surface area contributed by atoms with E-state index in [2.05, 4.69) is 10.6 Å². The summed E-state index contributed by atoms with van der Waals surface area (Å²) in [6, 6.07) is 26.8. The summed E-state index contributed by atoms with van der Waals surface area (Å²) >= 11 is 0. The van der Waals surface area contributed by atoms with Gasteiger partial charge in [-0.3, -0.25) is 4.79 Å². The van der Waals surface area contributed by atoms with Crippen molar-refractivity contribution >= 4 is 17.3 Å². The summed E-state index contributed by atoms with van der Waals surface area (Å²) in [7, 11) is 0. The third-order valence-electron chi connectivity index (χ3n) is 3.88. The molecule has 2 N–H and O–H groups in total. The lowest BCUT2D eigenvalue weighted by atomic mass is 10.0. The molecule has 0 fully saturated rings. The van der Waals surface area contributed by atoms with Crippen molar-refractivity contribution in [2.75, 3.05) is 10.6 Å². The van der Waals surface area contributed by atoms with E-state index in [0.29, 0.717) is 0 Å². The van der Waals surface area contributed by atoms with Crippen molar-refractivity contribution in [3.8, 4) is 0 Å². The van der Waals surface area contributed by atoms with Crippen molar-refractivity contribution in [3.63, 3.8) is 0 Å². The number of nitrogens with one attached hydrogen (secondary N) is 2. The van der Waals surface area contributed by atoms with Gasteiger partial charge >= 0.3 is 0 Å². The Labute approximate surface area is 142 Å². The molecule has 0 saturated heterocycles. The van der Waals surface area contributed by atoms with Gasteiger partial charge in [0, 0.05) is 11.4 Å². The fourth-order valence-corrected chi connectivity index (χ4v) is 2.57. The summed E-state index contributed by atoms with van der Waals surface area (Å²) in [6.45, 7) is 2.03. The van der Waals surface area contributed by atoms with E-state index in [1.165, 1.54) is 0 Å². The Kier molecular flexibility index (Phi) is 4.92. The monoisotopic (exact) mass is 316 g/mol. The van der Waals surface area contributed by atoms with Crippen LogP contribution in [0.15, 0.2) is 84.9 Å². The number of aryl methyl sites for hydroxylation is 1. The van der Waals surface area contributed by atoms with Crippen LogP contribution in [0.25, 0.3) is 0 Å². The number of hydrogen-bond acceptors (Lipinski definition) is 2. The number of carbonyl (C=O) groups is 1. The Balaban J connectivity index is 1.88. The van der Waals surface area contributed by atoms with E-state index >= 15 is 0 Å². The largest absolute Gasteiger partial charge is 0.370 e. The van der Waals surface area contributed by atoms with E-state index < -0.39 is 6.04 Å². The van der Waals surface area contributed by atoms with Crippen molar-refractivity contribution < 1.29 is 4.79 Å². The van der Waals surface area contributed by atoms with Crippen molar-refractivity contribution in [3.05, 3.63) is 96.1 Å². The summed E-state index contributed by atoms with van der Waals surface area (Å²) in [5.41, 5.74) is 3.77. The van der Waals surface area contributed by atoms with Gasteiger partial charge in [0.2, 0.25) is 0 Å². The van der Waals surface area contributed by atoms with Crippen molar-refractivity contribution in [1.29, 1.82) is 0 Å². The highest BCUT2D eigenvalue weighted by Gasteiger charge is 2.21. The third kappa shape index (κ3) is 3.82. The van der Waals surface area contributed by atoms with Crippen LogP contribution in [0.1, 0.15) is 17.2 Å². The van der Waals surface area contributed by atoms with Crippen molar-refractivity contribution in [2.24, 2.45) is 0 Å². The van der Waals surface area contributed by atoms with Gasteiger partial charge in [0.25, 0.3) is 5.91 Å². The lowest BCUT2D eigenvalue weighted by Crippen LogP contribution is -2.27. The van der Waals surface area contributed by atoms with Crippen LogP contribution in [-0.2, 0) is 4.79 Å². The number of para-hydroxylation sites is 2. The van der Waals surface area contributed by atoms with Gasteiger partial charge in [-0.15, -0.1) is 0 Å². The molecule has 3 aromatic rings. The SMILES string of the molecule is Cc1ccccc1NC(C(=O)Nc1ccccc1)c1ccccc1. The fraction of sp³-hybridized carbons (Fsp3) is 0.0952. The maximum absolute atomic E-state index is 12.9. The van der Waals surface area contributed by atoms with Gasteiger partial charge in [-0.1, -0.05) is 66.7 Å². The Morgan fingerprint density at radius 1 is 0.792 bits per heavy atom. The highest BCUT2D eigenvalue weighted by atomic mass is 16.2. The van der Waals surface area contributed by atoms with Gasteiger partial charge in [0.1, 0.15) is 6.04 Å². The Morgan fingerprint density at radius 3 is 2.04 bits per heavy atom. The van der Waals surface area contributed by atoms with E-state index in [4.69, 9.17) is 0 Å². The van der Waals surface area contributed by atoms with E-state index in [1.807, 2.05) is 91.9 Å².